The van der Waals surface area contributed by atoms with Crippen LogP contribution in [0.3, 0.4) is 0 Å². The number of nitrogens with one attached hydrogen (secondary N) is 1. The minimum Gasteiger partial charge on any atom is -0.494 e. The van der Waals surface area contributed by atoms with E-state index in [1.165, 1.54) is 11.3 Å². The lowest BCUT2D eigenvalue weighted by atomic mass is 10.1. The normalized spacial score (nSPS) is 11.9. The van der Waals surface area contributed by atoms with Gasteiger partial charge in [0.25, 0.3) is 5.91 Å². The lowest BCUT2D eigenvalue weighted by molar-refractivity contribution is 0.0897. The summed E-state index contributed by atoms with van der Waals surface area (Å²) >= 11 is 1.50. The van der Waals surface area contributed by atoms with Crippen LogP contribution in [-0.4, -0.2) is 26.2 Å². The topological polar surface area (TPSA) is 47.6 Å². The van der Waals surface area contributed by atoms with Crippen molar-refractivity contribution in [3.05, 3.63) is 52.2 Å². The predicted molar refractivity (Wildman–Crippen MR) is 84.0 cm³/mol. The van der Waals surface area contributed by atoms with Gasteiger partial charge in [-0.05, 0) is 36.1 Å². The smallest absolute Gasteiger partial charge is 0.252 e. The van der Waals surface area contributed by atoms with E-state index in [1.807, 2.05) is 48.0 Å². The molecule has 1 aromatic carbocycles. The van der Waals surface area contributed by atoms with Crippen molar-refractivity contribution in [2.24, 2.45) is 0 Å². The zero-order chi connectivity index (χ0) is 15.1. The van der Waals surface area contributed by atoms with Crippen LogP contribution in [0.1, 0.15) is 28.9 Å². The molecule has 0 radical (unpaired) electrons. The van der Waals surface area contributed by atoms with Gasteiger partial charge in [-0.15, -0.1) is 0 Å². The van der Waals surface area contributed by atoms with Crippen molar-refractivity contribution in [1.82, 2.24) is 5.32 Å². The Hall–Kier alpha value is -1.85. The second-order valence-corrected chi connectivity index (χ2v) is 5.28. The van der Waals surface area contributed by atoms with Gasteiger partial charge in [0.05, 0.1) is 24.8 Å². The van der Waals surface area contributed by atoms with Crippen LogP contribution in [-0.2, 0) is 4.74 Å². The zero-order valence-electron chi connectivity index (χ0n) is 12.2. The molecular formula is C16H19NO3S. The van der Waals surface area contributed by atoms with Crippen molar-refractivity contribution in [2.75, 3.05) is 20.3 Å². The Labute approximate surface area is 128 Å². The Bertz CT molecular complexity index is 551. The molecule has 0 spiro atoms. The third-order valence-corrected chi connectivity index (χ3v) is 3.70. The Morgan fingerprint density at radius 1 is 1.29 bits per heavy atom. The average Bonchev–Trinajstić information content (AvgIpc) is 3.02. The number of carbonyl (C=O) groups is 1. The highest BCUT2D eigenvalue weighted by molar-refractivity contribution is 7.08. The number of rotatable bonds is 7. The second kappa shape index (κ2) is 7.81. The molecule has 0 aliphatic carbocycles. The summed E-state index contributed by atoms with van der Waals surface area (Å²) in [6.07, 6.45) is 0. The molecular weight excluding hydrogens is 286 g/mol. The van der Waals surface area contributed by atoms with E-state index in [2.05, 4.69) is 5.32 Å². The van der Waals surface area contributed by atoms with Crippen LogP contribution >= 0.6 is 11.3 Å². The molecule has 1 aromatic heterocycles. The fourth-order valence-corrected chi connectivity index (χ4v) is 2.62. The summed E-state index contributed by atoms with van der Waals surface area (Å²) in [4.78, 5) is 12.1. The van der Waals surface area contributed by atoms with Crippen LogP contribution in [0.5, 0.6) is 5.75 Å². The van der Waals surface area contributed by atoms with E-state index in [-0.39, 0.29) is 11.9 Å². The van der Waals surface area contributed by atoms with Crippen LogP contribution in [0.4, 0.5) is 0 Å². The zero-order valence-corrected chi connectivity index (χ0v) is 13.0. The van der Waals surface area contributed by atoms with Gasteiger partial charge >= 0.3 is 0 Å². The first-order chi connectivity index (χ1) is 10.2. The molecule has 0 saturated heterocycles. The van der Waals surface area contributed by atoms with Gasteiger partial charge in [0, 0.05) is 12.5 Å². The molecule has 1 amide bonds. The van der Waals surface area contributed by atoms with Gasteiger partial charge in [-0.1, -0.05) is 12.1 Å². The molecule has 112 valence electrons. The van der Waals surface area contributed by atoms with E-state index >= 15 is 0 Å². The van der Waals surface area contributed by atoms with Crippen LogP contribution in [0.2, 0.25) is 0 Å². The van der Waals surface area contributed by atoms with Crippen LogP contribution in [0.25, 0.3) is 0 Å². The first-order valence-electron chi connectivity index (χ1n) is 6.79. The predicted octanol–water partition coefficient (Wildman–Crippen LogP) is 3.26. The van der Waals surface area contributed by atoms with Crippen molar-refractivity contribution in [3.8, 4) is 5.75 Å². The van der Waals surface area contributed by atoms with Gasteiger partial charge in [-0.25, -0.2) is 0 Å². The van der Waals surface area contributed by atoms with Gasteiger partial charge in [-0.3, -0.25) is 4.79 Å². The SMILES string of the molecule is CCOc1ccc(C(COC)NC(=O)c2ccsc2)cc1. The molecule has 1 atom stereocenters. The standard InChI is InChI=1S/C16H19NO3S/c1-3-20-14-6-4-12(5-7-14)15(10-19-2)17-16(18)13-8-9-21-11-13/h4-9,11,15H,3,10H2,1-2H3,(H,17,18). The fraction of sp³-hybridized carbons (Fsp3) is 0.312. The minimum absolute atomic E-state index is 0.0906. The van der Waals surface area contributed by atoms with Gasteiger partial charge in [0.2, 0.25) is 0 Å². The van der Waals surface area contributed by atoms with E-state index in [4.69, 9.17) is 9.47 Å². The monoisotopic (exact) mass is 305 g/mol. The van der Waals surface area contributed by atoms with E-state index in [0.29, 0.717) is 18.8 Å². The number of benzene rings is 1. The van der Waals surface area contributed by atoms with E-state index < -0.39 is 0 Å². The third-order valence-electron chi connectivity index (χ3n) is 3.02. The molecule has 1 heterocycles. The number of hydrogen-bond donors (Lipinski definition) is 1. The lowest BCUT2D eigenvalue weighted by Crippen LogP contribution is -2.31. The molecule has 0 aliphatic rings. The first-order valence-corrected chi connectivity index (χ1v) is 7.73. The van der Waals surface area contributed by atoms with Crippen molar-refractivity contribution in [3.63, 3.8) is 0 Å². The number of methoxy groups -OCH3 is 1. The third kappa shape index (κ3) is 4.31. The minimum atomic E-state index is -0.182. The fourth-order valence-electron chi connectivity index (χ4n) is 1.99. The summed E-state index contributed by atoms with van der Waals surface area (Å²) in [5, 5.41) is 6.71. The van der Waals surface area contributed by atoms with Crippen molar-refractivity contribution >= 4 is 17.2 Å². The summed E-state index contributed by atoms with van der Waals surface area (Å²) < 4.78 is 10.6. The Morgan fingerprint density at radius 3 is 2.62 bits per heavy atom. The maximum Gasteiger partial charge on any atom is 0.252 e. The van der Waals surface area contributed by atoms with Gasteiger partial charge in [-0.2, -0.15) is 11.3 Å². The average molecular weight is 305 g/mol. The van der Waals surface area contributed by atoms with Gasteiger partial charge in [0.15, 0.2) is 0 Å². The highest BCUT2D eigenvalue weighted by Gasteiger charge is 2.16. The lowest BCUT2D eigenvalue weighted by Gasteiger charge is -2.18. The van der Waals surface area contributed by atoms with Crippen molar-refractivity contribution < 1.29 is 14.3 Å². The van der Waals surface area contributed by atoms with Gasteiger partial charge < -0.3 is 14.8 Å². The Morgan fingerprint density at radius 2 is 2.05 bits per heavy atom. The van der Waals surface area contributed by atoms with E-state index in [0.717, 1.165) is 11.3 Å². The molecule has 0 bridgehead atoms. The molecule has 0 aliphatic heterocycles. The largest absolute Gasteiger partial charge is 0.494 e. The Kier molecular flexibility index (Phi) is 5.78. The molecule has 0 saturated carbocycles. The molecule has 2 rings (SSSR count). The molecule has 2 aromatic rings. The number of amides is 1. The van der Waals surface area contributed by atoms with Crippen LogP contribution < -0.4 is 10.1 Å². The Balaban J connectivity index is 2.09. The highest BCUT2D eigenvalue weighted by Crippen LogP contribution is 2.19. The summed E-state index contributed by atoms with van der Waals surface area (Å²) in [5.41, 5.74) is 1.66. The number of ether oxygens (including phenoxy) is 2. The molecule has 21 heavy (non-hydrogen) atoms. The highest BCUT2D eigenvalue weighted by atomic mass is 32.1. The van der Waals surface area contributed by atoms with Crippen molar-refractivity contribution in [1.29, 1.82) is 0 Å². The van der Waals surface area contributed by atoms with Crippen molar-refractivity contribution in [2.45, 2.75) is 13.0 Å². The van der Waals surface area contributed by atoms with E-state index in [1.54, 1.807) is 7.11 Å². The summed E-state index contributed by atoms with van der Waals surface area (Å²) in [6.45, 7) is 3.00. The van der Waals surface area contributed by atoms with Gasteiger partial charge in [0.1, 0.15) is 5.75 Å². The summed E-state index contributed by atoms with van der Waals surface area (Å²) in [7, 11) is 1.62. The number of hydrogen-bond acceptors (Lipinski definition) is 4. The molecule has 0 fully saturated rings. The van der Waals surface area contributed by atoms with E-state index in [9.17, 15) is 4.79 Å². The number of thiophene rings is 1. The second-order valence-electron chi connectivity index (χ2n) is 4.50. The maximum absolute atomic E-state index is 12.1. The number of carbonyl (C=O) groups excluding carboxylic acids is 1. The summed E-state index contributed by atoms with van der Waals surface area (Å²) in [5.74, 6) is 0.730. The summed E-state index contributed by atoms with van der Waals surface area (Å²) in [6, 6.07) is 9.32. The molecule has 4 nitrogen and oxygen atoms in total. The molecule has 5 heteroatoms. The first kappa shape index (κ1) is 15.5. The maximum atomic E-state index is 12.1. The van der Waals surface area contributed by atoms with Crippen LogP contribution in [0.15, 0.2) is 41.1 Å². The quantitative estimate of drug-likeness (QED) is 0.854. The van der Waals surface area contributed by atoms with Crippen LogP contribution in [0, 0.1) is 0 Å². The molecule has 1 unspecified atom stereocenters. The molecule has 1 N–H and O–H groups in total.